The topological polar surface area (TPSA) is 35.5 Å². The van der Waals surface area contributed by atoms with Crippen LogP contribution in [0, 0.1) is 17.3 Å². The van der Waals surface area contributed by atoms with E-state index in [-0.39, 0.29) is 11.8 Å². The molecule has 0 heterocycles. The molecule has 0 amide bonds. The van der Waals surface area contributed by atoms with Crippen molar-refractivity contribution in [2.75, 3.05) is 13.7 Å². The van der Waals surface area contributed by atoms with E-state index in [0.29, 0.717) is 25.4 Å². The molecule has 3 nitrogen and oxygen atoms in total. The van der Waals surface area contributed by atoms with E-state index in [4.69, 9.17) is 9.47 Å². The second kappa shape index (κ2) is 11.5. The highest BCUT2D eigenvalue weighted by Gasteiger charge is 2.50. The van der Waals surface area contributed by atoms with Gasteiger partial charge in [-0.25, -0.2) is 0 Å². The van der Waals surface area contributed by atoms with E-state index < -0.39 is 5.41 Å². The number of benzene rings is 1. The lowest BCUT2D eigenvalue weighted by atomic mass is 9.73. The predicted molar refractivity (Wildman–Crippen MR) is 129 cm³/mol. The van der Waals surface area contributed by atoms with Gasteiger partial charge in [-0.2, -0.15) is 0 Å². The highest BCUT2D eigenvalue weighted by molar-refractivity contribution is 5.88. The zero-order valence-electron chi connectivity index (χ0n) is 20.3. The molecule has 170 valence electrons. The van der Waals surface area contributed by atoms with Crippen LogP contribution in [-0.2, 0) is 16.1 Å². The summed E-state index contributed by atoms with van der Waals surface area (Å²) >= 11 is 0. The third-order valence-electron chi connectivity index (χ3n) is 6.67. The van der Waals surface area contributed by atoms with Gasteiger partial charge in [0.05, 0.1) is 20.3 Å². The Bertz CT molecular complexity index is 811. The highest BCUT2D eigenvalue weighted by atomic mass is 16.5. The first-order valence-electron chi connectivity index (χ1n) is 11.4. The summed E-state index contributed by atoms with van der Waals surface area (Å²) < 4.78 is 11.4. The van der Waals surface area contributed by atoms with Crippen LogP contribution in [0.3, 0.4) is 0 Å². The fourth-order valence-electron chi connectivity index (χ4n) is 4.41. The number of ether oxygens (including phenoxy) is 2. The lowest BCUT2D eigenvalue weighted by molar-refractivity contribution is -0.127. The standard InChI is InChI=1S/C28H40O3/c1-20(2)9-8-10-22(5)15-16-28(6)26(25(21(3)4)17-27(28)29)19-31-18-23-11-13-24(30-7)14-12-23/h9,11-15,25-26H,3,8,10,16-19H2,1-2,4-7H3/b22-15+/t25-,26+,28-/m1/s1. The molecule has 0 saturated heterocycles. The summed E-state index contributed by atoms with van der Waals surface area (Å²) in [7, 11) is 1.67. The van der Waals surface area contributed by atoms with Gasteiger partial charge in [0.1, 0.15) is 11.5 Å². The van der Waals surface area contributed by atoms with Crippen LogP contribution < -0.4 is 4.74 Å². The van der Waals surface area contributed by atoms with Crippen molar-refractivity contribution >= 4 is 5.78 Å². The number of rotatable bonds is 11. The molecule has 1 aliphatic carbocycles. The van der Waals surface area contributed by atoms with Crippen LogP contribution in [0.15, 0.2) is 59.7 Å². The van der Waals surface area contributed by atoms with Gasteiger partial charge in [-0.3, -0.25) is 4.79 Å². The van der Waals surface area contributed by atoms with Crippen LogP contribution in [0.4, 0.5) is 0 Å². The first-order chi connectivity index (χ1) is 14.7. The van der Waals surface area contributed by atoms with Crippen molar-refractivity contribution in [3.8, 4) is 5.75 Å². The van der Waals surface area contributed by atoms with Crippen molar-refractivity contribution in [3.05, 3.63) is 65.3 Å². The smallest absolute Gasteiger partial charge is 0.140 e. The van der Waals surface area contributed by atoms with Crippen molar-refractivity contribution in [1.29, 1.82) is 0 Å². The zero-order valence-corrected chi connectivity index (χ0v) is 20.3. The summed E-state index contributed by atoms with van der Waals surface area (Å²) in [6.45, 7) is 15.9. The molecule has 1 fully saturated rings. The molecule has 0 spiro atoms. The van der Waals surface area contributed by atoms with Gasteiger partial charge in [-0.15, -0.1) is 0 Å². The SMILES string of the molecule is C=C(C)[C@H]1CC(=O)[C@](C)(C/C=C(\C)CCC=C(C)C)[C@H]1COCc1ccc(OC)cc1. The molecule has 0 radical (unpaired) electrons. The summed E-state index contributed by atoms with van der Waals surface area (Å²) in [6, 6.07) is 7.93. The third kappa shape index (κ3) is 6.93. The van der Waals surface area contributed by atoms with Crippen LogP contribution in [0.1, 0.15) is 65.9 Å². The lowest BCUT2D eigenvalue weighted by Crippen LogP contribution is -2.33. The monoisotopic (exact) mass is 424 g/mol. The average Bonchev–Trinajstić information content (AvgIpc) is 2.98. The summed E-state index contributed by atoms with van der Waals surface area (Å²) in [4.78, 5) is 13.1. The molecule has 1 saturated carbocycles. The Balaban J connectivity index is 2.06. The molecule has 3 atom stereocenters. The molecule has 1 aromatic carbocycles. The third-order valence-corrected chi connectivity index (χ3v) is 6.67. The second-order valence-corrected chi connectivity index (χ2v) is 9.54. The average molecular weight is 425 g/mol. The number of Topliss-reactive ketones (excluding diaryl/α,β-unsaturated/α-hetero) is 1. The van der Waals surface area contributed by atoms with Crippen LogP contribution in [-0.4, -0.2) is 19.5 Å². The van der Waals surface area contributed by atoms with Crippen LogP contribution >= 0.6 is 0 Å². The Morgan fingerprint density at radius 2 is 1.84 bits per heavy atom. The molecule has 1 aliphatic rings. The Morgan fingerprint density at radius 3 is 2.42 bits per heavy atom. The maximum Gasteiger partial charge on any atom is 0.140 e. The van der Waals surface area contributed by atoms with E-state index in [1.807, 2.05) is 31.2 Å². The summed E-state index contributed by atoms with van der Waals surface area (Å²) in [5, 5.41) is 0. The normalized spacial score (nSPS) is 23.7. The quantitative estimate of drug-likeness (QED) is 0.356. The Hall–Kier alpha value is -2.13. The van der Waals surface area contributed by atoms with E-state index >= 15 is 0 Å². The Morgan fingerprint density at radius 1 is 1.16 bits per heavy atom. The summed E-state index contributed by atoms with van der Waals surface area (Å²) in [5.74, 6) is 1.52. The van der Waals surface area contributed by atoms with Gasteiger partial charge in [-0.1, -0.05) is 54.5 Å². The lowest BCUT2D eigenvalue weighted by Gasteiger charge is -2.32. The Labute approximate surface area is 189 Å². The van der Waals surface area contributed by atoms with Crippen LogP contribution in [0.25, 0.3) is 0 Å². The molecule has 0 aliphatic heterocycles. The number of hydrogen-bond donors (Lipinski definition) is 0. The van der Waals surface area contributed by atoms with E-state index in [1.165, 1.54) is 11.1 Å². The number of ketones is 1. The fourth-order valence-corrected chi connectivity index (χ4v) is 4.41. The molecule has 0 bridgehead atoms. The van der Waals surface area contributed by atoms with Gasteiger partial charge in [0, 0.05) is 17.8 Å². The predicted octanol–water partition coefficient (Wildman–Crippen LogP) is 7.08. The van der Waals surface area contributed by atoms with Gasteiger partial charge in [0.2, 0.25) is 0 Å². The van der Waals surface area contributed by atoms with E-state index in [0.717, 1.165) is 36.1 Å². The largest absolute Gasteiger partial charge is 0.497 e. The van der Waals surface area contributed by atoms with Gasteiger partial charge in [0.25, 0.3) is 0 Å². The Kier molecular flexibility index (Phi) is 9.31. The number of methoxy groups -OCH3 is 1. The van der Waals surface area contributed by atoms with Gasteiger partial charge in [-0.05, 0) is 70.6 Å². The van der Waals surface area contributed by atoms with Crippen molar-refractivity contribution < 1.29 is 14.3 Å². The molecular weight excluding hydrogens is 384 g/mol. The molecule has 0 N–H and O–H groups in total. The minimum atomic E-state index is -0.401. The van der Waals surface area contributed by atoms with Crippen molar-refractivity contribution in [1.82, 2.24) is 0 Å². The maximum atomic E-state index is 13.1. The number of hydrogen-bond acceptors (Lipinski definition) is 3. The minimum absolute atomic E-state index is 0.151. The molecule has 31 heavy (non-hydrogen) atoms. The van der Waals surface area contributed by atoms with E-state index in [9.17, 15) is 4.79 Å². The van der Waals surface area contributed by atoms with Gasteiger partial charge in [0.15, 0.2) is 0 Å². The zero-order chi connectivity index (χ0) is 23.0. The molecule has 3 heteroatoms. The first kappa shape index (κ1) is 25.1. The van der Waals surface area contributed by atoms with Crippen molar-refractivity contribution in [3.63, 3.8) is 0 Å². The number of allylic oxidation sites excluding steroid dienone is 5. The second-order valence-electron chi connectivity index (χ2n) is 9.54. The van der Waals surface area contributed by atoms with Crippen molar-refractivity contribution in [2.45, 2.75) is 66.9 Å². The summed E-state index contributed by atoms with van der Waals surface area (Å²) in [5.41, 5.74) is 4.49. The van der Waals surface area contributed by atoms with Crippen LogP contribution in [0.2, 0.25) is 0 Å². The van der Waals surface area contributed by atoms with E-state index in [1.54, 1.807) is 7.11 Å². The molecule has 2 rings (SSSR count). The number of carbonyl (C=O) groups excluding carboxylic acids is 1. The number of carbonyl (C=O) groups is 1. The highest BCUT2D eigenvalue weighted by Crippen LogP contribution is 2.49. The van der Waals surface area contributed by atoms with Crippen molar-refractivity contribution in [2.24, 2.45) is 17.3 Å². The first-order valence-corrected chi connectivity index (χ1v) is 11.4. The van der Waals surface area contributed by atoms with Gasteiger partial charge < -0.3 is 9.47 Å². The summed E-state index contributed by atoms with van der Waals surface area (Å²) in [6.07, 6.45) is 7.98. The minimum Gasteiger partial charge on any atom is -0.497 e. The molecule has 1 aromatic rings. The molecule has 0 unspecified atom stereocenters. The van der Waals surface area contributed by atoms with E-state index in [2.05, 4.69) is 46.4 Å². The van der Waals surface area contributed by atoms with Crippen LogP contribution in [0.5, 0.6) is 5.75 Å². The molecular formula is C28H40O3. The molecule has 0 aromatic heterocycles. The van der Waals surface area contributed by atoms with Gasteiger partial charge >= 0.3 is 0 Å². The maximum absolute atomic E-state index is 13.1. The fraction of sp³-hybridized carbons (Fsp3) is 0.536.